The van der Waals surface area contributed by atoms with Gasteiger partial charge in [-0.2, -0.15) is 0 Å². The molecule has 3 aromatic rings. The van der Waals surface area contributed by atoms with Gasteiger partial charge in [0.1, 0.15) is 0 Å². The number of amides is 2. The van der Waals surface area contributed by atoms with Gasteiger partial charge in [-0.15, -0.1) is 11.3 Å². The Morgan fingerprint density at radius 1 is 1.14 bits per heavy atom. The van der Waals surface area contributed by atoms with Crippen LogP contribution >= 0.6 is 11.3 Å². The molecule has 6 nitrogen and oxygen atoms in total. The fraction of sp³-hybridized carbons (Fsp3) is 0.318. The fourth-order valence-electron chi connectivity index (χ4n) is 3.50. The van der Waals surface area contributed by atoms with Crippen molar-refractivity contribution in [3.8, 4) is 0 Å². The number of likely N-dealkylation sites (tertiary alicyclic amines) is 1. The maximum Gasteiger partial charge on any atom is 0.338 e. The minimum Gasteiger partial charge on any atom is -0.462 e. The molecule has 150 valence electrons. The number of nitrogens with zero attached hydrogens (tertiary/aromatic N) is 2. The number of carbonyl (C=O) groups is 2. The number of hydrogen-bond donors (Lipinski definition) is 1. The first-order valence-electron chi connectivity index (χ1n) is 9.82. The zero-order chi connectivity index (χ0) is 20.2. The van der Waals surface area contributed by atoms with Crippen molar-refractivity contribution in [2.24, 2.45) is 0 Å². The van der Waals surface area contributed by atoms with Gasteiger partial charge in [0.15, 0.2) is 0 Å². The highest BCUT2D eigenvalue weighted by Crippen LogP contribution is 2.33. The van der Waals surface area contributed by atoms with Crippen LogP contribution in [0.1, 0.15) is 41.0 Å². The standard InChI is InChI=1S/C22H23N3O3S/c1-2-28-21(26)16-7-9-17(10-8-16)23-22(27)25-13-11-15(12-14-25)20-24-18-5-3-4-6-19(18)29-20/h3-10,15H,2,11-14H2,1H3,(H,23,27). The second-order valence-corrected chi connectivity index (χ2v) is 8.07. The van der Waals surface area contributed by atoms with Crippen molar-refractivity contribution in [3.63, 3.8) is 0 Å². The Bertz CT molecular complexity index is 975. The average molecular weight is 410 g/mol. The van der Waals surface area contributed by atoms with E-state index in [1.165, 1.54) is 9.71 Å². The summed E-state index contributed by atoms with van der Waals surface area (Å²) in [4.78, 5) is 30.9. The lowest BCUT2D eigenvalue weighted by Gasteiger charge is -2.31. The van der Waals surface area contributed by atoms with Crippen molar-refractivity contribution in [2.45, 2.75) is 25.7 Å². The van der Waals surface area contributed by atoms with E-state index < -0.39 is 0 Å². The Kier molecular flexibility index (Phi) is 5.76. The first-order valence-corrected chi connectivity index (χ1v) is 10.6. The lowest BCUT2D eigenvalue weighted by Crippen LogP contribution is -2.40. The molecule has 1 fully saturated rings. The maximum atomic E-state index is 12.6. The van der Waals surface area contributed by atoms with Crippen LogP contribution in [0.5, 0.6) is 0 Å². The van der Waals surface area contributed by atoms with Gasteiger partial charge in [0.25, 0.3) is 0 Å². The fourth-order valence-corrected chi connectivity index (χ4v) is 4.64. The molecule has 1 N–H and O–H groups in total. The number of para-hydroxylation sites is 1. The highest BCUT2D eigenvalue weighted by Gasteiger charge is 2.26. The van der Waals surface area contributed by atoms with E-state index >= 15 is 0 Å². The van der Waals surface area contributed by atoms with Crippen LogP contribution in [0.15, 0.2) is 48.5 Å². The topological polar surface area (TPSA) is 71.5 Å². The second kappa shape index (κ2) is 8.61. The van der Waals surface area contributed by atoms with Crippen LogP contribution in [0.3, 0.4) is 0 Å². The summed E-state index contributed by atoms with van der Waals surface area (Å²) in [6.45, 7) is 3.51. The van der Waals surface area contributed by atoms with Crippen molar-refractivity contribution in [1.29, 1.82) is 0 Å². The largest absolute Gasteiger partial charge is 0.462 e. The number of benzene rings is 2. The van der Waals surface area contributed by atoms with E-state index in [2.05, 4.69) is 11.4 Å². The van der Waals surface area contributed by atoms with E-state index in [0.29, 0.717) is 36.9 Å². The Morgan fingerprint density at radius 2 is 1.86 bits per heavy atom. The summed E-state index contributed by atoms with van der Waals surface area (Å²) < 4.78 is 6.19. The van der Waals surface area contributed by atoms with E-state index in [4.69, 9.17) is 9.72 Å². The molecule has 29 heavy (non-hydrogen) atoms. The first kappa shape index (κ1) is 19.4. The lowest BCUT2D eigenvalue weighted by molar-refractivity contribution is 0.0526. The van der Waals surface area contributed by atoms with Crippen LogP contribution in [0.25, 0.3) is 10.2 Å². The lowest BCUT2D eigenvalue weighted by atomic mass is 9.98. The number of esters is 1. The van der Waals surface area contributed by atoms with Crippen LogP contribution in [0.2, 0.25) is 0 Å². The Hall–Kier alpha value is -2.93. The van der Waals surface area contributed by atoms with Crippen molar-refractivity contribution < 1.29 is 14.3 Å². The first-order chi connectivity index (χ1) is 14.1. The number of carbonyl (C=O) groups excluding carboxylic acids is 2. The molecule has 0 aliphatic carbocycles. The second-order valence-electron chi connectivity index (χ2n) is 7.01. The molecule has 0 radical (unpaired) electrons. The summed E-state index contributed by atoms with van der Waals surface area (Å²) in [5, 5.41) is 4.08. The van der Waals surface area contributed by atoms with Crippen LogP contribution in [0.4, 0.5) is 10.5 Å². The van der Waals surface area contributed by atoms with Gasteiger partial charge in [-0.25, -0.2) is 14.6 Å². The van der Waals surface area contributed by atoms with Crippen LogP contribution < -0.4 is 5.32 Å². The summed E-state index contributed by atoms with van der Waals surface area (Å²) in [6.07, 6.45) is 1.82. The highest BCUT2D eigenvalue weighted by atomic mass is 32.1. The Morgan fingerprint density at radius 3 is 2.55 bits per heavy atom. The monoisotopic (exact) mass is 409 g/mol. The average Bonchev–Trinajstić information content (AvgIpc) is 3.19. The number of nitrogens with one attached hydrogen (secondary N) is 1. The summed E-state index contributed by atoms with van der Waals surface area (Å²) in [5.74, 6) is 0.0441. The van der Waals surface area contributed by atoms with Crippen molar-refractivity contribution >= 4 is 39.2 Å². The SMILES string of the molecule is CCOC(=O)c1ccc(NC(=O)N2CCC(c3nc4ccccc4s3)CC2)cc1. The van der Waals surface area contributed by atoms with E-state index in [1.807, 2.05) is 23.1 Å². The predicted octanol–water partition coefficient (Wildman–Crippen LogP) is 4.88. The number of fused-ring (bicyclic) bond motifs is 1. The summed E-state index contributed by atoms with van der Waals surface area (Å²) >= 11 is 1.76. The number of anilines is 1. The zero-order valence-corrected chi connectivity index (χ0v) is 17.1. The Balaban J connectivity index is 1.32. The molecule has 0 saturated carbocycles. The molecule has 2 amide bonds. The third-order valence-electron chi connectivity index (χ3n) is 5.09. The van der Waals surface area contributed by atoms with Crippen molar-refractivity contribution in [1.82, 2.24) is 9.88 Å². The van der Waals surface area contributed by atoms with E-state index in [9.17, 15) is 9.59 Å². The Labute approximate surface area is 173 Å². The molecule has 4 rings (SSSR count). The third kappa shape index (κ3) is 4.40. The number of piperidine rings is 1. The van der Waals surface area contributed by atoms with Crippen LogP contribution in [-0.4, -0.2) is 41.6 Å². The number of ether oxygens (including phenoxy) is 1. The molecule has 2 heterocycles. The van der Waals surface area contributed by atoms with Gasteiger partial charge >= 0.3 is 12.0 Å². The van der Waals surface area contributed by atoms with Gasteiger partial charge in [-0.05, 0) is 56.2 Å². The van der Waals surface area contributed by atoms with E-state index in [0.717, 1.165) is 18.4 Å². The number of hydrogen-bond acceptors (Lipinski definition) is 5. The molecule has 2 aromatic carbocycles. The smallest absolute Gasteiger partial charge is 0.338 e. The van der Waals surface area contributed by atoms with Crippen molar-refractivity contribution in [2.75, 3.05) is 25.0 Å². The number of urea groups is 1. The summed E-state index contributed by atoms with van der Waals surface area (Å²) in [7, 11) is 0. The van der Waals surface area contributed by atoms with Gasteiger partial charge in [0, 0.05) is 24.7 Å². The zero-order valence-electron chi connectivity index (χ0n) is 16.3. The van der Waals surface area contributed by atoms with E-state index in [-0.39, 0.29) is 12.0 Å². The van der Waals surface area contributed by atoms with Crippen molar-refractivity contribution in [3.05, 3.63) is 59.1 Å². The molecule has 1 aliphatic rings. The molecule has 0 bridgehead atoms. The molecule has 0 atom stereocenters. The predicted molar refractivity (Wildman–Crippen MR) is 115 cm³/mol. The molecule has 0 unspecified atom stereocenters. The third-order valence-corrected chi connectivity index (χ3v) is 6.29. The molecule has 0 spiro atoms. The highest BCUT2D eigenvalue weighted by molar-refractivity contribution is 7.18. The molecule has 7 heteroatoms. The van der Waals surface area contributed by atoms with E-state index in [1.54, 1.807) is 42.5 Å². The van der Waals surface area contributed by atoms with Crippen LogP contribution in [0, 0.1) is 0 Å². The quantitative estimate of drug-likeness (QED) is 0.623. The van der Waals surface area contributed by atoms with Gasteiger partial charge in [-0.3, -0.25) is 0 Å². The number of thiazole rings is 1. The van der Waals surface area contributed by atoms with Gasteiger partial charge < -0.3 is 15.0 Å². The minimum atomic E-state index is -0.359. The maximum absolute atomic E-state index is 12.6. The number of aromatic nitrogens is 1. The molecule has 1 saturated heterocycles. The van der Waals surface area contributed by atoms with Crippen LogP contribution in [-0.2, 0) is 4.74 Å². The van der Waals surface area contributed by atoms with Gasteiger partial charge in [0.05, 0.1) is 27.4 Å². The minimum absolute atomic E-state index is 0.114. The molecular formula is C22H23N3O3S. The molecule has 1 aliphatic heterocycles. The summed E-state index contributed by atoms with van der Waals surface area (Å²) in [5.41, 5.74) is 2.19. The number of rotatable bonds is 4. The van der Waals surface area contributed by atoms with Gasteiger partial charge in [-0.1, -0.05) is 12.1 Å². The molecule has 1 aromatic heterocycles. The summed E-state index contributed by atoms with van der Waals surface area (Å²) in [6, 6.07) is 14.8. The normalized spacial score (nSPS) is 14.7. The van der Waals surface area contributed by atoms with Gasteiger partial charge in [0.2, 0.25) is 0 Å². The molecular weight excluding hydrogens is 386 g/mol.